The van der Waals surface area contributed by atoms with Gasteiger partial charge in [-0.3, -0.25) is 19.9 Å². The molecular weight excluding hydrogens is 338 g/mol. The van der Waals surface area contributed by atoms with Gasteiger partial charge in [-0.05, 0) is 35.9 Å². The molecule has 132 valence electrons. The zero-order chi connectivity index (χ0) is 18.7. The van der Waals surface area contributed by atoms with Crippen LogP contribution in [0, 0.1) is 10.1 Å². The van der Waals surface area contributed by atoms with Crippen LogP contribution in [0.3, 0.4) is 0 Å². The minimum absolute atomic E-state index is 0.181. The van der Waals surface area contributed by atoms with Crippen molar-refractivity contribution >= 4 is 28.6 Å². The third-order valence-electron chi connectivity index (χ3n) is 3.78. The fourth-order valence-corrected chi connectivity index (χ4v) is 2.69. The van der Waals surface area contributed by atoms with Crippen LogP contribution in [-0.2, 0) is 0 Å². The third kappa shape index (κ3) is 3.25. The van der Waals surface area contributed by atoms with E-state index < -0.39 is 21.9 Å². The predicted octanol–water partition coefficient (Wildman–Crippen LogP) is 2.69. The number of aromatic amines is 2. The van der Waals surface area contributed by atoms with E-state index in [1.165, 1.54) is 6.08 Å². The highest BCUT2D eigenvalue weighted by molar-refractivity contribution is 5.95. The highest BCUT2D eigenvalue weighted by Gasteiger charge is 2.19. The third-order valence-corrected chi connectivity index (χ3v) is 3.78. The first-order chi connectivity index (χ1) is 12.5. The number of ether oxygens (including phenoxy) is 1. The van der Waals surface area contributed by atoms with Gasteiger partial charge in [-0.15, -0.1) is 0 Å². The molecule has 0 unspecified atom stereocenters. The zero-order valence-corrected chi connectivity index (χ0v) is 13.8. The topological polar surface area (TPSA) is 118 Å². The molecule has 0 aliphatic rings. The van der Waals surface area contributed by atoms with Gasteiger partial charge in [0, 0.05) is 5.56 Å². The number of fused-ring (bicyclic) bond motifs is 1. The summed E-state index contributed by atoms with van der Waals surface area (Å²) in [6.45, 7) is 2.29. The molecule has 0 aliphatic heterocycles. The largest absolute Gasteiger partial charge is 0.493 e. The Kier molecular flexibility index (Phi) is 4.66. The SMILES string of the molecule is CCOc1ccc2ccccc2c1C=Cc1[nH]c(=O)[nH]c(=O)c1[N+](=O)[O-]. The van der Waals surface area contributed by atoms with Crippen molar-refractivity contribution in [3.05, 3.63) is 78.6 Å². The summed E-state index contributed by atoms with van der Waals surface area (Å²) < 4.78 is 5.63. The van der Waals surface area contributed by atoms with Crippen molar-refractivity contribution in [1.82, 2.24) is 9.97 Å². The number of nitro groups is 1. The molecule has 0 saturated carbocycles. The number of benzene rings is 2. The molecule has 3 rings (SSSR count). The molecule has 8 nitrogen and oxygen atoms in total. The average molecular weight is 353 g/mol. The van der Waals surface area contributed by atoms with E-state index in [0.717, 1.165) is 10.8 Å². The molecule has 8 heteroatoms. The molecule has 0 atom stereocenters. The smallest absolute Gasteiger partial charge is 0.357 e. The quantitative estimate of drug-likeness (QED) is 0.540. The normalized spacial score (nSPS) is 11.1. The van der Waals surface area contributed by atoms with Crippen LogP contribution in [0.15, 0.2) is 46.0 Å². The number of aromatic nitrogens is 2. The summed E-state index contributed by atoms with van der Waals surface area (Å²) in [5, 5.41) is 13.0. The van der Waals surface area contributed by atoms with Gasteiger partial charge in [-0.25, -0.2) is 4.79 Å². The lowest BCUT2D eigenvalue weighted by atomic mass is 10.0. The molecule has 2 aromatic carbocycles. The summed E-state index contributed by atoms with van der Waals surface area (Å²) in [7, 11) is 0. The minimum Gasteiger partial charge on any atom is -0.493 e. The van der Waals surface area contributed by atoms with Crippen molar-refractivity contribution in [2.45, 2.75) is 6.92 Å². The monoisotopic (exact) mass is 353 g/mol. The lowest BCUT2D eigenvalue weighted by molar-refractivity contribution is -0.386. The summed E-state index contributed by atoms with van der Waals surface area (Å²) in [5.41, 5.74) is -2.08. The molecule has 0 saturated heterocycles. The molecule has 0 bridgehead atoms. The Morgan fingerprint density at radius 2 is 1.88 bits per heavy atom. The molecule has 0 spiro atoms. The van der Waals surface area contributed by atoms with Crippen molar-refractivity contribution in [2.75, 3.05) is 6.61 Å². The number of rotatable bonds is 5. The molecule has 2 N–H and O–H groups in total. The predicted molar refractivity (Wildman–Crippen MR) is 98.4 cm³/mol. The van der Waals surface area contributed by atoms with Crippen molar-refractivity contribution < 1.29 is 9.66 Å². The van der Waals surface area contributed by atoms with Gasteiger partial charge in [-0.2, -0.15) is 0 Å². The maximum absolute atomic E-state index is 11.7. The van der Waals surface area contributed by atoms with Crippen LogP contribution in [-0.4, -0.2) is 21.5 Å². The highest BCUT2D eigenvalue weighted by atomic mass is 16.6. The number of nitrogens with zero attached hydrogens (tertiary/aromatic N) is 1. The van der Waals surface area contributed by atoms with Crippen LogP contribution in [0.1, 0.15) is 18.2 Å². The lowest BCUT2D eigenvalue weighted by Crippen LogP contribution is -2.25. The first kappa shape index (κ1) is 17.2. The Bertz CT molecular complexity index is 1130. The van der Waals surface area contributed by atoms with E-state index in [9.17, 15) is 19.7 Å². The van der Waals surface area contributed by atoms with E-state index >= 15 is 0 Å². The van der Waals surface area contributed by atoms with E-state index in [0.29, 0.717) is 17.9 Å². The molecule has 1 aromatic heterocycles. The average Bonchev–Trinajstić information content (AvgIpc) is 2.60. The number of hydrogen-bond donors (Lipinski definition) is 2. The Labute approximate surface area is 146 Å². The van der Waals surface area contributed by atoms with Crippen LogP contribution < -0.4 is 16.0 Å². The summed E-state index contributed by atoms with van der Waals surface area (Å²) in [6, 6.07) is 11.3. The molecule has 26 heavy (non-hydrogen) atoms. The number of H-pyrrole nitrogens is 2. The molecule has 0 amide bonds. The Morgan fingerprint density at radius 1 is 1.12 bits per heavy atom. The van der Waals surface area contributed by atoms with Crippen molar-refractivity contribution in [3.8, 4) is 5.75 Å². The second kappa shape index (κ2) is 7.06. The number of hydrogen-bond acceptors (Lipinski definition) is 5. The lowest BCUT2D eigenvalue weighted by Gasteiger charge is -2.10. The van der Waals surface area contributed by atoms with Crippen molar-refractivity contribution in [3.63, 3.8) is 0 Å². The highest BCUT2D eigenvalue weighted by Crippen LogP contribution is 2.30. The molecule has 0 aliphatic carbocycles. The summed E-state index contributed by atoms with van der Waals surface area (Å²) in [4.78, 5) is 37.7. The first-order valence-corrected chi connectivity index (χ1v) is 7.85. The molecule has 3 aromatic rings. The van der Waals surface area contributed by atoms with E-state index in [-0.39, 0.29) is 5.69 Å². The minimum atomic E-state index is -1.05. The van der Waals surface area contributed by atoms with Crippen LogP contribution in [0.4, 0.5) is 5.69 Å². The van der Waals surface area contributed by atoms with Crippen molar-refractivity contribution in [2.24, 2.45) is 0 Å². The van der Waals surface area contributed by atoms with Crippen LogP contribution in [0.5, 0.6) is 5.75 Å². The van der Waals surface area contributed by atoms with Crippen molar-refractivity contribution in [1.29, 1.82) is 0 Å². The van der Waals surface area contributed by atoms with Gasteiger partial charge in [0.05, 0.1) is 11.5 Å². The summed E-state index contributed by atoms with van der Waals surface area (Å²) >= 11 is 0. The van der Waals surface area contributed by atoms with E-state index in [4.69, 9.17) is 4.74 Å². The van der Waals surface area contributed by atoms with Gasteiger partial charge in [-0.1, -0.05) is 30.3 Å². The van der Waals surface area contributed by atoms with Crippen LogP contribution in [0.25, 0.3) is 22.9 Å². The van der Waals surface area contributed by atoms with Gasteiger partial charge in [0.15, 0.2) is 0 Å². The van der Waals surface area contributed by atoms with Gasteiger partial charge in [0.1, 0.15) is 11.4 Å². The van der Waals surface area contributed by atoms with E-state index in [1.54, 1.807) is 12.1 Å². The van der Waals surface area contributed by atoms with Crippen LogP contribution >= 0.6 is 0 Å². The molecule has 0 fully saturated rings. The van der Waals surface area contributed by atoms with Gasteiger partial charge in [0.2, 0.25) is 0 Å². The molecule has 0 radical (unpaired) electrons. The molecular formula is C18H15N3O5. The Morgan fingerprint density at radius 3 is 2.62 bits per heavy atom. The standard InChI is InChI=1S/C18H15N3O5/c1-2-26-15-10-7-11-5-3-4-6-12(11)13(15)8-9-14-16(21(24)25)17(22)20-18(23)19-14/h3-10H,2H2,1H3,(H2,19,20,22,23). The first-order valence-electron chi connectivity index (χ1n) is 7.85. The van der Waals surface area contributed by atoms with E-state index in [1.807, 2.05) is 42.2 Å². The zero-order valence-electron chi connectivity index (χ0n) is 13.8. The molecule has 1 heterocycles. The van der Waals surface area contributed by atoms with Gasteiger partial charge in [0.25, 0.3) is 0 Å². The fourth-order valence-electron chi connectivity index (χ4n) is 2.69. The maximum Gasteiger partial charge on any atom is 0.357 e. The van der Waals surface area contributed by atoms with Gasteiger partial charge < -0.3 is 9.72 Å². The van der Waals surface area contributed by atoms with Gasteiger partial charge >= 0.3 is 16.9 Å². The van der Waals surface area contributed by atoms with E-state index in [2.05, 4.69) is 4.98 Å². The Hall–Kier alpha value is -3.68. The maximum atomic E-state index is 11.7. The second-order valence-electron chi connectivity index (χ2n) is 5.39. The summed E-state index contributed by atoms with van der Waals surface area (Å²) in [6.07, 6.45) is 2.92. The number of nitrogens with one attached hydrogen (secondary N) is 2. The van der Waals surface area contributed by atoms with Crippen LogP contribution in [0.2, 0.25) is 0 Å². The Balaban J connectivity index is 2.21. The summed E-state index contributed by atoms with van der Waals surface area (Å²) in [5.74, 6) is 0.595. The second-order valence-corrected chi connectivity index (χ2v) is 5.39. The fraction of sp³-hybridized carbons (Fsp3) is 0.111.